The highest BCUT2D eigenvalue weighted by Crippen LogP contribution is 2.58. The fraction of sp³-hybridized carbons (Fsp3) is 0. The zero-order valence-corrected chi connectivity index (χ0v) is 33.1. The zero-order valence-electron chi connectivity index (χ0n) is 31.3. The van der Waals surface area contributed by atoms with E-state index in [1.165, 1.54) is 9.34 Å². The smallest absolute Gasteiger partial charge is 0.422 e. The molecule has 2 atom stereocenters. The van der Waals surface area contributed by atoms with Gasteiger partial charge in [-0.05, 0) is 94.3 Å². The van der Waals surface area contributed by atoms with Crippen LogP contribution in [0.1, 0.15) is 26.3 Å². The number of hydrogen-bond donors (Lipinski definition) is 0. The number of amides is 2. The lowest BCUT2D eigenvalue weighted by molar-refractivity contribution is 0.0986. The first-order chi connectivity index (χ1) is 29.5. The van der Waals surface area contributed by atoms with E-state index in [-0.39, 0.29) is 11.8 Å². The number of fused-ring (bicyclic) bond motifs is 4. The number of nitriles is 1. The first kappa shape index (κ1) is 36.6. The van der Waals surface area contributed by atoms with Crippen LogP contribution in [0.3, 0.4) is 0 Å². The minimum atomic E-state index is -2.17. The van der Waals surface area contributed by atoms with Crippen molar-refractivity contribution in [2.24, 2.45) is 0 Å². The normalized spacial score (nSPS) is 15.6. The number of nitrogens with zero attached hydrogens (tertiary/aromatic N) is 4. The van der Waals surface area contributed by atoms with Crippen LogP contribution in [0.2, 0.25) is 0 Å². The van der Waals surface area contributed by atoms with Crippen LogP contribution >= 0.6 is 17.1 Å². The maximum Gasteiger partial charge on any atom is 0.424 e. The molecule has 10 nitrogen and oxygen atoms in total. The summed E-state index contributed by atoms with van der Waals surface area (Å²) in [6.07, 6.45) is 0. The first-order valence-corrected chi connectivity index (χ1v) is 21.0. The van der Waals surface area contributed by atoms with Crippen LogP contribution in [0.4, 0.5) is 17.1 Å². The topological polar surface area (TPSA) is 106 Å². The number of carbonyl (C=O) groups is 2. The van der Waals surface area contributed by atoms with Gasteiger partial charge >= 0.3 is 17.1 Å². The number of benzene rings is 8. The van der Waals surface area contributed by atoms with Gasteiger partial charge in [0.15, 0.2) is 5.69 Å². The standard InChI is InChI=1S/C48H28N4O6P2/c1-50-34-22-26-36(27-23-34)52-48(54)40-15-7-9-17-42(40)56-60(52)58-44-29-21-33-11-3-5-13-38(33)46(44)45-37-12-4-2-10-32(37)20-28-43(45)57-59-51(35-24-18-31(30-49)19-25-35)47(53)39-14-6-8-16-41(39)55-59/h2-29H. The zero-order chi connectivity index (χ0) is 40.7. The van der Waals surface area contributed by atoms with Crippen molar-refractivity contribution in [2.45, 2.75) is 0 Å². The van der Waals surface area contributed by atoms with Crippen LogP contribution in [-0.2, 0) is 0 Å². The van der Waals surface area contributed by atoms with Crippen LogP contribution in [0, 0.1) is 17.9 Å². The maximum absolute atomic E-state index is 14.3. The van der Waals surface area contributed by atoms with Crippen molar-refractivity contribution in [1.82, 2.24) is 0 Å². The highest BCUT2D eigenvalue weighted by atomic mass is 31.2. The summed E-state index contributed by atoms with van der Waals surface area (Å²) in [5, 5.41) is 13.0. The lowest BCUT2D eigenvalue weighted by atomic mass is 9.92. The molecule has 2 aliphatic heterocycles. The number of carbonyl (C=O) groups excluding carboxylic acids is 2. The Morgan fingerprint density at radius 2 is 0.967 bits per heavy atom. The molecular weight excluding hydrogens is 790 g/mol. The molecule has 0 radical (unpaired) electrons. The van der Waals surface area contributed by atoms with E-state index in [4.69, 9.17) is 24.7 Å². The van der Waals surface area contributed by atoms with Crippen molar-refractivity contribution in [3.8, 4) is 40.2 Å². The molecule has 286 valence electrons. The SMILES string of the molecule is [C-]#[N+]c1ccc(N2C(=O)c3ccccc3OP2Oc2ccc3ccccc3c2-c2c(OP3Oc4ccccc4C(=O)N3c3ccc(C#N)cc3)ccc3ccccc23)cc1. The van der Waals surface area contributed by atoms with Gasteiger partial charge in [-0.15, -0.1) is 0 Å². The minimum Gasteiger partial charge on any atom is -0.422 e. The fourth-order valence-corrected chi connectivity index (χ4v) is 10.2. The maximum atomic E-state index is 14.3. The van der Waals surface area contributed by atoms with E-state index in [0.29, 0.717) is 67.9 Å². The molecule has 0 saturated carbocycles. The Balaban J connectivity index is 1.15. The van der Waals surface area contributed by atoms with Crippen molar-refractivity contribution < 1.29 is 27.7 Å². The number of para-hydroxylation sites is 2. The van der Waals surface area contributed by atoms with Gasteiger partial charge in [-0.25, -0.2) is 14.2 Å². The molecule has 12 heteroatoms. The Morgan fingerprint density at radius 1 is 0.533 bits per heavy atom. The second-order valence-electron chi connectivity index (χ2n) is 13.7. The quantitative estimate of drug-likeness (QED) is 0.116. The molecule has 0 aliphatic carbocycles. The minimum absolute atomic E-state index is 0.305. The lowest BCUT2D eigenvalue weighted by Crippen LogP contribution is -2.33. The predicted octanol–water partition coefficient (Wildman–Crippen LogP) is 12.8. The van der Waals surface area contributed by atoms with E-state index >= 15 is 0 Å². The number of anilines is 2. The second kappa shape index (κ2) is 15.2. The van der Waals surface area contributed by atoms with E-state index in [1.54, 1.807) is 97.1 Å². The van der Waals surface area contributed by atoms with E-state index in [2.05, 4.69) is 10.9 Å². The molecule has 0 saturated heterocycles. The largest absolute Gasteiger partial charge is 0.424 e. The molecule has 0 aromatic heterocycles. The van der Waals surface area contributed by atoms with E-state index < -0.39 is 17.1 Å². The van der Waals surface area contributed by atoms with Gasteiger partial charge in [0.05, 0.1) is 40.7 Å². The van der Waals surface area contributed by atoms with Gasteiger partial charge in [-0.2, -0.15) is 5.26 Å². The molecule has 0 spiro atoms. The van der Waals surface area contributed by atoms with Gasteiger partial charge in [0.1, 0.15) is 23.0 Å². The predicted molar refractivity (Wildman–Crippen MR) is 234 cm³/mol. The molecule has 8 aromatic carbocycles. The summed E-state index contributed by atoms with van der Waals surface area (Å²) < 4.78 is 30.1. The van der Waals surface area contributed by atoms with Gasteiger partial charge in [-0.1, -0.05) is 97.1 Å². The number of hydrogen-bond acceptors (Lipinski definition) is 7. The summed E-state index contributed by atoms with van der Waals surface area (Å²) in [5.74, 6) is 0.998. The van der Waals surface area contributed by atoms with Crippen molar-refractivity contribution >= 4 is 67.5 Å². The fourth-order valence-electron chi connectivity index (χ4n) is 7.30. The van der Waals surface area contributed by atoms with Crippen LogP contribution in [-0.4, -0.2) is 11.8 Å². The summed E-state index contributed by atoms with van der Waals surface area (Å²) in [7, 11) is -4.34. The van der Waals surface area contributed by atoms with Crippen molar-refractivity contribution in [1.29, 1.82) is 5.26 Å². The molecular formula is C48H28N4O6P2. The summed E-state index contributed by atoms with van der Waals surface area (Å²) in [5.41, 5.74) is 4.00. The Morgan fingerprint density at radius 3 is 1.43 bits per heavy atom. The average Bonchev–Trinajstić information content (AvgIpc) is 3.29. The number of rotatable bonds is 7. The summed E-state index contributed by atoms with van der Waals surface area (Å²) in [4.78, 5) is 32.2. The molecule has 0 bridgehead atoms. The van der Waals surface area contributed by atoms with E-state index in [0.717, 1.165) is 21.5 Å². The summed E-state index contributed by atoms with van der Waals surface area (Å²) in [6.45, 7) is 7.47. The van der Waals surface area contributed by atoms with Crippen molar-refractivity contribution in [3.63, 3.8) is 0 Å². The molecule has 2 aliphatic rings. The highest BCUT2D eigenvalue weighted by Gasteiger charge is 2.42. The Bertz CT molecular complexity index is 2900. The Hall–Kier alpha value is -7.74. The van der Waals surface area contributed by atoms with E-state index in [9.17, 15) is 14.9 Å². The Labute approximate surface area is 346 Å². The van der Waals surface area contributed by atoms with Crippen LogP contribution in [0.25, 0.3) is 37.5 Å². The third-order valence-corrected chi connectivity index (χ3v) is 13.0. The summed E-state index contributed by atoms with van der Waals surface area (Å²) in [6, 6.07) is 53.2. The third kappa shape index (κ3) is 6.38. The molecule has 0 fully saturated rings. The van der Waals surface area contributed by atoms with Crippen LogP contribution in [0.5, 0.6) is 23.0 Å². The Kier molecular flexibility index (Phi) is 9.28. The molecule has 0 N–H and O–H groups in total. The molecule has 60 heavy (non-hydrogen) atoms. The highest BCUT2D eigenvalue weighted by molar-refractivity contribution is 7.52. The average molecular weight is 819 g/mol. The first-order valence-electron chi connectivity index (χ1n) is 18.7. The molecule has 10 rings (SSSR count). The molecule has 2 heterocycles. The lowest BCUT2D eigenvalue weighted by Gasteiger charge is -2.35. The van der Waals surface area contributed by atoms with Gasteiger partial charge in [0.2, 0.25) is 0 Å². The summed E-state index contributed by atoms with van der Waals surface area (Å²) >= 11 is 0. The second-order valence-corrected chi connectivity index (χ2v) is 16.2. The van der Waals surface area contributed by atoms with Gasteiger partial charge in [0.25, 0.3) is 11.8 Å². The van der Waals surface area contributed by atoms with E-state index in [1.807, 2.05) is 72.8 Å². The van der Waals surface area contributed by atoms with Crippen molar-refractivity contribution in [2.75, 3.05) is 9.34 Å². The molecule has 2 amide bonds. The monoisotopic (exact) mass is 818 g/mol. The van der Waals surface area contributed by atoms with Crippen molar-refractivity contribution in [3.05, 3.63) is 198 Å². The molecule has 2 unspecified atom stereocenters. The third-order valence-electron chi connectivity index (χ3n) is 10.1. The van der Waals surface area contributed by atoms with Gasteiger partial charge < -0.3 is 18.1 Å². The van der Waals surface area contributed by atoms with Gasteiger partial charge in [0, 0.05) is 11.1 Å². The molecule has 8 aromatic rings. The van der Waals surface area contributed by atoms with Crippen LogP contribution in [0.15, 0.2) is 170 Å². The van der Waals surface area contributed by atoms with Gasteiger partial charge in [-0.3, -0.25) is 9.59 Å². The van der Waals surface area contributed by atoms with Crippen LogP contribution < -0.4 is 27.4 Å².